The lowest BCUT2D eigenvalue weighted by atomic mass is 9.97. The molecule has 1 aliphatic rings. The van der Waals surface area contributed by atoms with E-state index >= 15 is 0 Å². The Morgan fingerprint density at radius 1 is 0.973 bits per heavy atom. The summed E-state index contributed by atoms with van der Waals surface area (Å²) < 4.78 is 5.41. The number of fused-ring (bicyclic) bond motifs is 1. The lowest BCUT2D eigenvalue weighted by Crippen LogP contribution is -2.14. The van der Waals surface area contributed by atoms with Crippen LogP contribution in [0.2, 0.25) is 0 Å². The molecule has 0 bridgehead atoms. The largest absolute Gasteiger partial charge is 0.499 e. The van der Waals surface area contributed by atoms with Crippen LogP contribution in [0.25, 0.3) is 5.70 Å². The molecule has 0 saturated carbocycles. The standard InChI is InChI=1S/C33H39N3O/c1-5-7-11-31(27-13-15-28(16-14-27)33-23-29-10-8-9-12-32(29)36-33)35-30-19-17-26(18-20-30)25(4)34-22-21-24(3)37-6-2/h8-10,12-20,31,34-35H,3-7,11,21-23H2,1-2H3. The van der Waals surface area contributed by atoms with Crippen molar-refractivity contribution in [3.8, 4) is 0 Å². The number of benzene rings is 3. The van der Waals surface area contributed by atoms with Crippen LogP contribution in [0.3, 0.4) is 0 Å². The second-order valence-corrected chi connectivity index (χ2v) is 9.53. The summed E-state index contributed by atoms with van der Waals surface area (Å²) in [4.78, 5) is 4.85. The van der Waals surface area contributed by atoms with Gasteiger partial charge in [0.25, 0.3) is 0 Å². The van der Waals surface area contributed by atoms with E-state index in [0.717, 1.165) is 59.9 Å². The molecule has 4 rings (SSSR count). The van der Waals surface area contributed by atoms with Gasteiger partial charge >= 0.3 is 0 Å². The number of ether oxygens (including phenoxy) is 1. The van der Waals surface area contributed by atoms with Crippen molar-refractivity contribution in [1.82, 2.24) is 5.32 Å². The number of nitrogens with zero attached hydrogens (tertiary/aromatic N) is 1. The molecule has 192 valence electrons. The molecule has 4 nitrogen and oxygen atoms in total. The fourth-order valence-electron chi connectivity index (χ4n) is 4.64. The van der Waals surface area contributed by atoms with Gasteiger partial charge in [0.2, 0.25) is 0 Å². The second-order valence-electron chi connectivity index (χ2n) is 9.53. The molecule has 0 saturated heterocycles. The predicted molar refractivity (Wildman–Crippen MR) is 158 cm³/mol. The number of hydrogen-bond acceptors (Lipinski definition) is 4. The zero-order valence-electron chi connectivity index (χ0n) is 22.2. The van der Waals surface area contributed by atoms with Crippen LogP contribution >= 0.6 is 0 Å². The maximum atomic E-state index is 5.41. The molecule has 1 heterocycles. The highest BCUT2D eigenvalue weighted by atomic mass is 16.5. The number of aliphatic imine (C=N–C) groups is 1. The maximum absolute atomic E-state index is 5.41. The van der Waals surface area contributed by atoms with Crippen molar-refractivity contribution in [2.45, 2.75) is 52.0 Å². The van der Waals surface area contributed by atoms with Gasteiger partial charge in [-0.3, -0.25) is 4.99 Å². The summed E-state index contributed by atoms with van der Waals surface area (Å²) >= 11 is 0. The van der Waals surface area contributed by atoms with E-state index in [-0.39, 0.29) is 6.04 Å². The minimum absolute atomic E-state index is 0.258. The molecule has 4 heteroatoms. The van der Waals surface area contributed by atoms with E-state index in [4.69, 9.17) is 9.73 Å². The van der Waals surface area contributed by atoms with Crippen molar-refractivity contribution in [2.24, 2.45) is 4.99 Å². The predicted octanol–water partition coefficient (Wildman–Crippen LogP) is 8.21. The molecule has 1 aliphatic heterocycles. The van der Waals surface area contributed by atoms with Crippen molar-refractivity contribution in [3.63, 3.8) is 0 Å². The van der Waals surface area contributed by atoms with Crippen molar-refractivity contribution < 1.29 is 4.74 Å². The lowest BCUT2D eigenvalue weighted by Gasteiger charge is -2.21. The van der Waals surface area contributed by atoms with E-state index < -0.39 is 0 Å². The van der Waals surface area contributed by atoms with Crippen LogP contribution in [0.1, 0.15) is 67.8 Å². The first-order valence-corrected chi connectivity index (χ1v) is 13.4. The molecule has 0 aromatic heterocycles. The van der Waals surface area contributed by atoms with Crippen molar-refractivity contribution in [2.75, 3.05) is 18.5 Å². The first kappa shape index (κ1) is 26.3. The number of para-hydroxylation sites is 1. The van der Waals surface area contributed by atoms with Gasteiger partial charge in [-0.1, -0.05) is 87.5 Å². The zero-order chi connectivity index (χ0) is 26.0. The Hall–Kier alpha value is -3.79. The van der Waals surface area contributed by atoms with Gasteiger partial charge in [0.15, 0.2) is 0 Å². The lowest BCUT2D eigenvalue weighted by molar-refractivity contribution is 0.220. The van der Waals surface area contributed by atoms with Crippen molar-refractivity contribution >= 4 is 22.8 Å². The summed E-state index contributed by atoms with van der Waals surface area (Å²) in [5.41, 5.74) is 9.17. The second kappa shape index (κ2) is 13.0. The zero-order valence-corrected chi connectivity index (χ0v) is 22.2. The highest BCUT2D eigenvalue weighted by Gasteiger charge is 2.17. The van der Waals surface area contributed by atoms with E-state index in [1.165, 1.54) is 29.5 Å². The Bertz CT molecular complexity index is 1230. The van der Waals surface area contributed by atoms with E-state index in [2.05, 4.69) is 104 Å². The van der Waals surface area contributed by atoms with E-state index in [0.29, 0.717) is 6.61 Å². The number of hydrogen-bond donors (Lipinski definition) is 2. The molecule has 2 N–H and O–H groups in total. The highest BCUT2D eigenvalue weighted by Crippen LogP contribution is 2.30. The SMILES string of the molecule is C=C(CCNC(=C)c1ccc(NC(CCCC)c2ccc(C3=Nc4ccccc4C3)cc2)cc1)OCC. The number of unbranched alkanes of at least 4 members (excludes halogenated alkanes) is 1. The van der Waals surface area contributed by atoms with E-state index in [1.54, 1.807) is 0 Å². The third-order valence-corrected chi connectivity index (χ3v) is 6.76. The molecular formula is C33H39N3O. The molecule has 37 heavy (non-hydrogen) atoms. The van der Waals surface area contributed by atoms with Gasteiger partial charge in [0.1, 0.15) is 0 Å². The van der Waals surface area contributed by atoms with Crippen molar-refractivity contribution in [1.29, 1.82) is 0 Å². The van der Waals surface area contributed by atoms with Crippen molar-refractivity contribution in [3.05, 3.63) is 114 Å². The fraction of sp³-hybridized carbons (Fsp3) is 0.303. The van der Waals surface area contributed by atoms with Gasteiger partial charge in [-0.2, -0.15) is 0 Å². The topological polar surface area (TPSA) is 45.7 Å². The number of anilines is 1. The molecular weight excluding hydrogens is 454 g/mol. The number of rotatable bonds is 14. The Morgan fingerprint density at radius 2 is 1.73 bits per heavy atom. The molecule has 0 fully saturated rings. The van der Waals surface area contributed by atoms with Crippen LogP contribution in [0, 0.1) is 0 Å². The summed E-state index contributed by atoms with van der Waals surface area (Å²) in [5, 5.41) is 7.13. The summed E-state index contributed by atoms with van der Waals surface area (Å²) in [7, 11) is 0. The number of nitrogens with one attached hydrogen (secondary N) is 2. The van der Waals surface area contributed by atoms with Gasteiger partial charge < -0.3 is 15.4 Å². The third kappa shape index (κ3) is 7.13. The van der Waals surface area contributed by atoms with Crippen LogP contribution in [0.15, 0.2) is 96.7 Å². The monoisotopic (exact) mass is 493 g/mol. The third-order valence-electron chi connectivity index (χ3n) is 6.76. The van der Waals surface area contributed by atoms with Crippen LogP contribution in [0.4, 0.5) is 11.4 Å². The van der Waals surface area contributed by atoms with E-state index in [9.17, 15) is 0 Å². The van der Waals surface area contributed by atoms with Crippen LogP contribution < -0.4 is 10.6 Å². The van der Waals surface area contributed by atoms with Gasteiger partial charge in [-0.05, 0) is 53.8 Å². The molecule has 3 aromatic rings. The maximum Gasteiger partial charge on any atom is 0.0905 e. The van der Waals surface area contributed by atoms with Gasteiger partial charge in [-0.15, -0.1) is 0 Å². The molecule has 0 amide bonds. The molecule has 0 spiro atoms. The Balaban J connectivity index is 1.38. The van der Waals surface area contributed by atoms with Crippen LogP contribution in [-0.4, -0.2) is 18.9 Å². The van der Waals surface area contributed by atoms with Gasteiger partial charge in [0.05, 0.1) is 29.8 Å². The summed E-state index contributed by atoms with van der Waals surface area (Å²) in [5.74, 6) is 0.801. The summed E-state index contributed by atoms with van der Waals surface area (Å²) in [6.45, 7) is 13.7. The quantitative estimate of drug-likeness (QED) is 0.222. The van der Waals surface area contributed by atoms with Gasteiger partial charge in [0, 0.05) is 30.8 Å². The van der Waals surface area contributed by atoms with Gasteiger partial charge in [-0.25, -0.2) is 0 Å². The molecule has 1 atom stereocenters. The van der Waals surface area contributed by atoms with E-state index in [1.807, 2.05) is 6.92 Å². The molecule has 3 aromatic carbocycles. The average Bonchev–Trinajstić information content (AvgIpc) is 3.36. The minimum atomic E-state index is 0.258. The Labute approximate surface area is 222 Å². The first-order chi connectivity index (χ1) is 18.1. The molecule has 1 unspecified atom stereocenters. The minimum Gasteiger partial charge on any atom is -0.499 e. The summed E-state index contributed by atoms with van der Waals surface area (Å²) in [6, 6.07) is 26.1. The summed E-state index contributed by atoms with van der Waals surface area (Å²) in [6.07, 6.45) is 5.10. The Morgan fingerprint density at radius 3 is 2.43 bits per heavy atom. The molecule has 0 aliphatic carbocycles. The van der Waals surface area contributed by atoms with Crippen LogP contribution in [-0.2, 0) is 11.2 Å². The first-order valence-electron chi connectivity index (χ1n) is 13.4. The smallest absolute Gasteiger partial charge is 0.0905 e. The highest BCUT2D eigenvalue weighted by molar-refractivity contribution is 6.06. The average molecular weight is 494 g/mol. The Kier molecular flexibility index (Phi) is 9.20. The molecule has 0 radical (unpaired) electrons. The van der Waals surface area contributed by atoms with Crippen LogP contribution in [0.5, 0.6) is 0 Å². The normalized spacial score (nSPS) is 12.9. The fourth-order valence-corrected chi connectivity index (χ4v) is 4.64.